The molecule has 3 rings (SSSR count). The van der Waals surface area contributed by atoms with Crippen LogP contribution in [0.1, 0.15) is 20.9 Å². The quantitative estimate of drug-likeness (QED) is 0.697. The zero-order valence-corrected chi connectivity index (χ0v) is 13.5. The molecule has 0 aliphatic carbocycles. The Hall–Kier alpha value is -2.43. The fourth-order valence-corrected chi connectivity index (χ4v) is 2.87. The summed E-state index contributed by atoms with van der Waals surface area (Å²) in [6, 6.07) is 14.3. The van der Waals surface area contributed by atoms with Gasteiger partial charge in [0.1, 0.15) is 5.01 Å². The highest BCUT2D eigenvalue weighted by Gasteiger charge is 2.03. The minimum absolute atomic E-state index is 0.279. The van der Waals surface area contributed by atoms with Gasteiger partial charge in [0.25, 0.3) is 0 Å². The molecule has 0 amide bonds. The van der Waals surface area contributed by atoms with E-state index in [0.717, 1.165) is 21.8 Å². The maximum Gasteiger partial charge on any atom is 0.335 e. The van der Waals surface area contributed by atoms with E-state index in [1.54, 1.807) is 35.6 Å². The van der Waals surface area contributed by atoms with Gasteiger partial charge in [0.15, 0.2) is 0 Å². The SMILES string of the molecule is O=C(O)c1ccc(C=Cc2nc(-c3ccc(Cl)cc3)cs2)cc1. The summed E-state index contributed by atoms with van der Waals surface area (Å²) in [6.45, 7) is 0. The van der Waals surface area contributed by atoms with Crippen LogP contribution in [0.4, 0.5) is 0 Å². The Morgan fingerprint density at radius 2 is 1.74 bits per heavy atom. The van der Waals surface area contributed by atoms with Crippen LogP contribution < -0.4 is 0 Å². The summed E-state index contributed by atoms with van der Waals surface area (Å²) in [5.74, 6) is -0.923. The fourth-order valence-electron chi connectivity index (χ4n) is 2.02. The van der Waals surface area contributed by atoms with Gasteiger partial charge in [-0.25, -0.2) is 9.78 Å². The highest BCUT2D eigenvalue weighted by atomic mass is 35.5. The zero-order valence-electron chi connectivity index (χ0n) is 11.9. The summed E-state index contributed by atoms with van der Waals surface area (Å²) in [4.78, 5) is 15.4. The average Bonchev–Trinajstić information content (AvgIpc) is 3.03. The van der Waals surface area contributed by atoms with Gasteiger partial charge in [-0.2, -0.15) is 0 Å². The van der Waals surface area contributed by atoms with Crippen molar-refractivity contribution in [3.63, 3.8) is 0 Å². The molecule has 1 aromatic heterocycles. The lowest BCUT2D eigenvalue weighted by Gasteiger charge is -1.96. The zero-order chi connectivity index (χ0) is 16.2. The van der Waals surface area contributed by atoms with Crippen LogP contribution in [0, 0.1) is 0 Å². The Morgan fingerprint density at radius 1 is 1.04 bits per heavy atom. The van der Waals surface area contributed by atoms with Gasteiger partial charge in [0, 0.05) is 16.0 Å². The third-order valence-corrected chi connectivity index (χ3v) is 4.30. The van der Waals surface area contributed by atoms with Gasteiger partial charge in [-0.05, 0) is 35.9 Å². The smallest absolute Gasteiger partial charge is 0.335 e. The molecule has 0 saturated heterocycles. The summed E-state index contributed by atoms with van der Waals surface area (Å²) in [7, 11) is 0. The van der Waals surface area contributed by atoms with Gasteiger partial charge in [0.2, 0.25) is 0 Å². The molecule has 23 heavy (non-hydrogen) atoms. The van der Waals surface area contributed by atoms with Crippen molar-refractivity contribution in [2.75, 3.05) is 0 Å². The molecular weight excluding hydrogens is 330 g/mol. The number of carboxylic acid groups (broad SMARTS) is 1. The van der Waals surface area contributed by atoms with Crippen LogP contribution in [0.25, 0.3) is 23.4 Å². The van der Waals surface area contributed by atoms with Crippen LogP contribution in [0.15, 0.2) is 53.9 Å². The monoisotopic (exact) mass is 341 g/mol. The lowest BCUT2D eigenvalue weighted by Crippen LogP contribution is -1.94. The molecule has 0 aliphatic heterocycles. The number of halogens is 1. The molecule has 3 aromatic rings. The lowest BCUT2D eigenvalue weighted by molar-refractivity contribution is 0.0697. The van der Waals surface area contributed by atoms with Crippen molar-refractivity contribution in [1.82, 2.24) is 4.98 Å². The molecule has 0 spiro atoms. The second kappa shape index (κ2) is 6.77. The number of carboxylic acids is 1. The van der Waals surface area contributed by atoms with Crippen molar-refractivity contribution in [2.24, 2.45) is 0 Å². The molecule has 114 valence electrons. The topological polar surface area (TPSA) is 50.2 Å². The van der Waals surface area contributed by atoms with Crippen LogP contribution in [0.2, 0.25) is 5.02 Å². The maximum atomic E-state index is 10.8. The molecule has 0 unspecified atom stereocenters. The summed E-state index contributed by atoms with van der Waals surface area (Å²) >= 11 is 7.44. The Kier molecular flexibility index (Phi) is 4.55. The number of hydrogen-bond acceptors (Lipinski definition) is 3. The molecule has 0 atom stereocenters. The van der Waals surface area contributed by atoms with Gasteiger partial charge in [-0.15, -0.1) is 11.3 Å². The Balaban J connectivity index is 1.75. The molecule has 0 saturated carbocycles. The number of aromatic carboxylic acids is 1. The third-order valence-electron chi connectivity index (χ3n) is 3.24. The molecule has 0 aliphatic rings. The van der Waals surface area contributed by atoms with E-state index in [9.17, 15) is 4.79 Å². The first kappa shape index (κ1) is 15.5. The Morgan fingerprint density at radius 3 is 2.39 bits per heavy atom. The first-order valence-electron chi connectivity index (χ1n) is 6.85. The number of aromatic nitrogens is 1. The lowest BCUT2D eigenvalue weighted by atomic mass is 10.1. The molecule has 5 heteroatoms. The molecule has 0 fully saturated rings. The second-order valence-corrected chi connectivity index (χ2v) is 6.16. The highest BCUT2D eigenvalue weighted by Crippen LogP contribution is 2.24. The summed E-state index contributed by atoms with van der Waals surface area (Å²) in [6.07, 6.45) is 3.83. The van der Waals surface area contributed by atoms with Crippen LogP contribution in [0.3, 0.4) is 0 Å². The van der Waals surface area contributed by atoms with Gasteiger partial charge >= 0.3 is 5.97 Å². The van der Waals surface area contributed by atoms with Crippen LogP contribution in [-0.2, 0) is 0 Å². The van der Waals surface area contributed by atoms with E-state index in [1.165, 1.54) is 0 Å². The third kappa shape index (κ3) is 3.86. The molecule has 0 radical (unpaired) electrons. The van der Waals surface area contributed by atoms with E-state index in [0.29, 0.717) is 5.02 Å². The van der Waals surface area contributed by atoms with E-state index < -0.39 is 5.97 Å². The van der Waals surface area contributed by atoms with E-state index in [1.807, 2.05) is 41.8 Å². The number of thiazole rings is 1. The Bertz CT molecular complexity index is 851. The van der Waals surface area contributed by atoms with Crippen molar-refractivity contribution >= 4 is 41.1 Å². The summed E-state index contributed by atoms with van der Waals surface area (Å²) in [5, 5.41) is 12.5. The van der Waals surface area contributed by atoms with Crippen molar-refractivity contribution in [3.05, 3.63) is 75.1 Å². The van der Waals surface area contributed by atoms with E-state index in [-0.39, 0.29) is 5.56 Å². The minimum Gasteiger partial charge on any atom is -0.478 e. The first-order chi connectivity index (χ1) is 11.1. The standard InChI is InChI=1S/C18H12ClNO2S/c19-15-8-6-13(7-9-15)16-11-23-17(20-16)10-3-12-1-4-14(5-2-12)18(21)22/h1-11H,(H,21,22). The van der Waals surface area contributed by atoms with Gasteiger partial charge in [-0.1, -0.05) is 41.9 Å². The normalized spacial score (nSPS) is 11.0. The predicted molar refractivity (Wildman–Crippen MR) is 94.9 cm³/mol. The molecule has 1 heterocycles. The maximum absolute atomic E-state index is 10.8. The van der Waals surface area contributed by atoms with Crippen molar-refractivity contribution in [1.29, 1.82) is 0 Å². The largest absolute Gasteiger partial charge is 0.478 e. The van der Waals surface area contributed by atoms with E-state index in [2.05, 4.69) is 4.98 Å². The minimum atomic E-state index is -0.923. The molecular formula is C18H12ClNO2S. The number of nitrogens with zero attached hydrogens (tertiary/aromatic N) is 1. The first-order valence-corrected chi connectivity index (χ1v) is 8.10. The van der Waals surface area contributed by atoms with Gasteiger partial charge < -0.3 is 5.11 Å². The number of hydrogen-bond donors (Lipinski definition) is 1. The molecule has 2 aromatic carbocycles. The van der Waals surface area contributed by atoms with Crippen molar-refractivity contribution in [2.45, 2.75) is 0 Å². The molecule has 0 bridgehead atoms. The van der Waals surface area contributed by atoms with Gasteiger partial charge in [-0.3, -0.25) is 0 Å². The van der Waals surface area contributed by atoms with E-state index >= 15 is 0 Å². The van der Waals surface area contributed by atoms with Crippen LogP contribution >= 0.6 is 22.9 Å². The molecule has 1 N–H and O–H groups in total. The number of benzene rings is 2. The summed E-state index contributed by atoms with van der Waals surface area (Å²) in [5.41, 5.74) is 3.14. The number of carbonyl (C=O) groups is 1. The van der Waals surface area contributed by atoms with Crippen molar-refractivity contribution < 1.29 is 9.90 Å². The molecule has 3 nitrogen and oxygen atoms in total. The highest BCUT2D eigenvalue weighted by molar-refractivity contribution is 7.10. The van der Waals surface area contributed by atoms with Crippen molar-refractivity contribution in [3.8, 4) is 11.3 Å². The fraction of sp³-hybridized carbons (Fsp3) is 0. The average molecular weight is 342 g/mol. The predicted octanol–water partition coefficient (Wildman–Crippen LogP) is 5.33. The van der Waals surface area contributed by atoms with Gasteiger partial charge in [0.05, 0.1) is 11.3 Å². The van der Waals surface area contributed by atoms with Crippen LogP contribution in [0.5, 0.6) is 0 Å². The van der Waals surface area contributed by atoms with E-state index in [4.69, 9.17) is 16.7 Å². The number of rotatable bonds is 4. The summed E-state index contributed by atoms with van der Waals surface area (Å²) < 4.78 is 0. The van der Waals surface area contributed by atoms with Crippen LogP contribution in [-0.4, -0.2) is 16.1 Å². The second-order valence-electron chi connectivity index (χ2n) is 4.84. The Labute approximate surface area is 142 Å².